The van der Waals surface area contributed by atoms with Crippen molar-refractivity contribution in [2.45, 2.75) is 0 Å². The number of nitrogens with zero attached hydrogens (tertiary/aromatic N) is 6. The first-order valence-corrected chi connectivity index (χ1v) is 10.8. The number of fused-ring (bicyclic) bond motifs is 8. The molecule has 6 heteroatoms. The highest BCUT2D eigenvalue weighted by Gasteiger charge is 2.32. The Morgan fingerprint density at radius 3 is 1.15 bits per heavy atom. The third kappa shape index (κ3) is 1.98. The zero-order valence-electron chi connectivity index (χ0n) is 17.5. The summed E-state index contributed by atoms with van der Waals surface area (Å²) in [5.74, 6) is 0. The van der Waals surface area contributed by atoms with Gasteiger partial charge >= 0.3 is 0 Å². The summed E-state index contributed by atoms with van der Waals surface area (Å²) in [6.07, 6.45) is 0. The van der Waals surface area contributed by atoms with E-state index >= 15 is 0 Å². The van der Waals surface area contributed by atoms with Gasteiger partial charge in [-0.15, -0.1) is 0 Å². The van der Waals surface area contributed by atoms with Gasteiger partial charge in [-0.2, -0.15) is 10.5 Å². The minimum absolute atomic E-state index is 0.567. The molecule has 0 amide bonds. The number of hydrogen-bond donors (Lipinski definition) is 0. The highest BCUT2D eigenvalue weighted by Crippen LogP contribution is 2.54. The standard InChI is InChI=1S/C28H10N6/c29-11-13-1-7-19-21(9-13)33-27-17-5-6-18-24-16(4-3-15(23(17)24)25(27)31-19)26-28(18)34-22-10-14(12-30)2-8-20(22)32-26/h1-10H. The van der Waals surface area contributed by atoms with Crippen LogP contribution in [0.4, 0.5) is 0 Å². The fourth-order valence-electron chi connectivity index (χ4n) is 5.28. The van der Waals surface area contributed by atoms with Gasteiger partial charge in [-0.05, 0) is 36.4 Å². The van der Waals surface area contributed by atoms with Gasteiger partial charge < -0.3 is 0 Å². The molecular formula is C28H10N6. The molecule has 152 valence electrons. The molecule has 0 radical (unpaired) electrons. The first-order valence-electron chi connectivity index (χ1n) is 10.8. The molecule has 0 unspecified atom stereocenters. The maximum absolute atomic E-state index is 9.28. The minimum Gasteiger partial charge on any atom is -0.244 e. The van der Waals surface area contributed by atoms with Crippen molar-refractivity contribution in [1.82, 2.24) is 19.9 Å². The molecule has 0 aliphatic heterocycles. The number of benzene rings is 4. The van der Waals surface area contributed by atoms with Crippen LogP contribution in [-0.4, -0.2) is 19.9 Å². The molecule has 6 aromatic rings. The van der Waals surface area contributed by atoms with Gasteiger partial charge in [0.2, 0.25) is 0 Å². The van der Waals surface area contributed by atoms with Crippen molar-refractivity contribution in [1.29, 1.82) is 10.5 Å². The monoisotopic (exact) mass is 430 g/mol. The van der Waals surface area contributed by atoms with Crippen LogP contribution in [0.1, 0.15) is 11.1 Å². The smallest absolute Gasteiger partial charge is 0.0992 e. The Morgan fingerprint density at radius 1 is 0.441 bits per heavy atom. The molecule has 0 spiro atoms. The van der Waals surface area contributed by atoms with Gasteiger partial charge in [0.25, 0.3) is 0 Å². The van der Waals surface area contributed by atoms with Crippen molar-refractivity contribution in [2.75, 3.05) is 0 Å². The first kappa shape index (κ1) is 17.4. The molecule has 0 atom stereocenters. The average molecular weight is 430 g/mol. The predicted molar refractivity (Wildman–Crippen MR) is 128 cm³/mol. The molecule has 34 heavy (non-hydrogen) atoms. The van der Waals surface area contributed by atoms with E-state index in [1.54, 1.807) is 24.3 Å². The first-order chi connectivity index (χ1) is 16.7. The fraction of sp³-hybridized carbons (Fsp3) is 0. The largest absolute Gasteiger partial charge is 0.244 e. The Balaban J connectivity index is 1.45. The minimum atomic E-state index is 0.567. The summed E-state index contributed by atoms with van der Waals surface area (Å²) in [4.78, 5) is 19.7. The lowest BCUT2D eigenvalue weighted by molar-refractivity contribution is 1.31. The zero-order valence-corrected chi connectivity index (χ0v) is 17.5. The normalized spacial score (nSPS) is 12.1. The summed E-state index contributed by atoms with van der Waals surface area (Å²) in [6.45, 7) is 0. The van der Waals surface area contributed by atoms with Crippen LogP contribution in [0, 0.1) is 22.7 Å². The summed E-state index contributed by atoms with van der Waals surface area (Å²) >= 11 is 0. The van der Waals surface area contributed by atoms with Crippen LogP contribution in [0.25, 0.3) is 77.9 Å². The van der Waals surface area contributed by atoms with E-state index in [2.05, 4.69) is 36.4 Å². The van der Waals surface area contributed by atoms with Crippen molar-refractivity contribution in [3.63, 3.8) is 0 Å². The van der Waals surface area contributed by atoms with Crippen molar-refractivity contribution in [3.05, 3.63) is 71.8 Å². The zero-order chi connectivity index (χ0) is 22.6. The molecule has 0 saturated carbocycles. The van der Waals surface area contributed by atoms with Gasteiger partial charge in [-0.1, -0.05) is 24.3 Å². The molecule has 2 heterocycles. The van der Waals surface area contributed by atoms with Crippen molar-refractivity contribution in [3.8, 4) is 57.2 Å². The maximum atomic E-state index is 9.28. The van der Waals surface area contributed by atoms with Crippen molar-refractivity contribution >= 4 is 32.8 Å². The highest BCUT2D eigenvalue weighted by atomic mass is 14.9. The number of hydrogen-bond acceptors (Lipinski definition) is 6. The Hall–Kier alpha value is -5.20. The Morgan fingerprint density at radius 2 is 0.794 bits per heavy atom. The Labute approximate surface area is 192 Å². The number of nitriles is 2. The highest BCUT2D eigenvalue weighted by molar-refractivity contribution is 6.25. The summed E-state index contributed by atoms with van der Waals surface area (Å²) in [5.41, 5.74) is 11.6. The van der Waals surface area contributed by atoms with Crippen LogP contribution in [0.3, 0.4) is 0 Å². The molecule has 8 rings (SSSR count). The van der Waals surface area contributed by atoms with Crippen LogP contribution in [-0.2, 0) is 0 Å². The predicted octanol–water partition coefficient (Wildman–Crippen LogP) is 5.76. The topological polar surface area (TPSA) is 99.1 Å². The molecule has 2 aliphatic rings. The summed E-state index contributed by atoms with van der Waals surface area (Å²) in [6, 6.07) is 23.5. The van der Waals surface area contributed by atoms with Gasteiger partial charge in [0.1, 0.15) is 0 Å². The van der Waals surface area contributed by atoms with E-state index in [-0.39, 0.29) is 0 Å². The molecule has 6 nitrogen and oxygen atoms in total. The van der Waals surface area contributed by atoms with Crippen LogP contribution in [0.2, 0.25) is 0 Å². The van der Waals surface area contributed by atoms with Crippen LogP contribution in [0.5, 0.6) is 0 Å². The molecule has 0 fully saturated rings. The summed E-state index contributed by atoms with van der Waals surface area (Å²) in [7, 11) is 0. The van der Waals surface area contributed by atoms with Gasteiger partial charge in [0.15, 0.2) is 0 Å². The van der Waals surface area contributed by atoms with Crippen LogP contribution >= 0.6 is 0 Å². The number of aromatic nitrogens is 4. The van der Waals surface area contributed by atoms with E-state index in [1.165, 1.54) is 0 Å². The van der Waals surface area contributed by atoms with Gasteiger partial charge in [0.05, 0.1) is 68.1 Å². The quantitative estimate of drug-likeness (QED) is 0.303. The van der Waals surface area contributed by atoms with E-state index in [1.807, 2.05) is 12.1 Å². The average Bonchev–Trinajstić information content (AvgIpc) is 3.36. The third-order valence-corrected chi connectivity index (χ3v) is 6.77. The Bertz CT molecular complexity index is 1890. The van der Waals surface area contributed by atoms with E-state index < -0.39 is 0 Å². The lowest BCUT2D eigenvalue weighted by Crippen LogP contribution is -1.92. The Kier molecular flexibility index (Phi) is 2.95. The third-order valence-electron chi connectivity index (χ3n) is 6.77. The second-order valence-electron chi connectivity index (χ2n) is 8.54. The molecular weight excluding hydrogens is 420 g/mol. The molecule has 0 bridgehead atoms. The fourth-order valence-corrected chi connectivity index (χ4v) is 5.28. The summed E-state index contributed by atoms with van der Waals surface area (Å²) in [5, 5.41) is 20.8. The van der Waals surface area contributed by atoms with E-state index in [0.29, 0.717) is 22.2 Å². The second kappa shape index (κ2) is 5.78. The van der Waals surface area contributed by atoms with E-state index in [0.717, 1.165) is 66.8 Å². The van der Waals surface area contributed by atoms with E-state index in [4.69, 9.17) is 19.9 Å². The SMILES string of the molecule is N#Cc1ccc2nc3c(nc2c1)-c1ccc2c4c(ccc-3c14)-c1nc3ccc(C#N)cc3nc1-2. The van der Waals surface area contributed by atoms with Crippen LogP contribution < -0.4 is 0 Å². The lowest BCUT2D eigenvalue weighted by atomic mass is 9.99. The number of rotatable bonds is 0. The molecule has 0 N–H and O–H groups in total. The molecule has 2 aromatic heterocycles. The van der Waals surface area contributed by atoms with Gasteiger partial charge in [-0.25, -0.2) is 19.9 Å². The van der Waals surface area contributed by atoms with Crippen LogP contribution in [0.15, 0.2) is 60.7 Å². The van der Waals surface area contributed by atoms with Crippen molar-refractivity contribution < 1.29 is 0 Å². The summed E-state index contributed by atoms with van der Waals surface area (Å²) < 4.78 is 0. The second-order valence-corrected chi connectivity index (χ2v) is 8.54. The van der Waals surface area contributed by atoms with Gasteiger partial charge in [-0.3, -0.25) is 0 Å². The molecule has 4 aromatic carbocycles. The van der Waals surface area contributed by atoms with E-state index in [9.17, 15) is 10.5 Å². The molecule has 0 saturated heterocycles. The lowest BCUT2D eigenvalue weighted by Gasteiger charge is -2.05. The maximum Gasteiger partial charge on any atom is 0.0992 e. The molecule has 2 aliphatic carbocycles. The van der Waals surface area contributed by atoms with Gasteiger partial charge in [0, 0.05) is 33.0 Å². The van der Waals surface area contributed by atoms with Crippen molar-refractivity contribution in [2.24, 2.45) is 0 Å².